The summed E-state index contributed by atoms with van der Waals surface area (Å²) in [7, 11) is 0. The van der Waals surface area contributed by atoms with Crippen molar-refractivity contribution in [1.29, 1.82) is 0 Å². The summed E-state index contributed by atoms with van der Waals surface area (Å²) >= 11 is 11.9. The third kappa shape index (κ3) is 4.09. The molecular formula is C27H26ClN3O3S. The van der Waals surface area contributed by atoms with Crippen molar-refractivity contribution in [3.8, 4) is 11.5 Å². The smallest absolute Gasteiger partial charge is 0.236 e. The van der Waals surface area contributed by atoms with Gasteiger partial charge < -0.3 is 20.1 Å². The highest BCUT2D eigenvalue weighted by Crippen LogP contribution is 2.52. The Balaban J connectivity index is 1.63. The number of halogens is 1. The molecular weight excluding hydrogens is 482 g/mol. The predicted molar refractivity (Wildman–Crippen MR) is 142 cm³/mol. The van der Waals surface area contributed by atoms with Crippen LogP contribution in [0.3, 0.4) is 0 Å². The molecule has 1 fully saturated rings. The van der Waals surface area contributed by atoms with Crippen molar-refractivity contribution in [3.05, 3.63) is 82.9 Å². The van der Waals surface area contributed by atoms with E-state index in [1.165, 1.54) is 0 Å². The molecule has 0 aliphatic carbocycles. The number of benzene rings is 3. The largest absolute Gasteiger partial charge is 0.490 e. The molecule has 2 N–H and O–H groups in total. The van der Waals surface area contributed by atoms with Crippen molar-refractivity contribution in [2.45, 2.75) is 32.5 Å². The number of nitrogens with one attached hydrogen (secondary N) is 2. The number of thiocarbonyl (C=S) groups is 1. The Morgan fingerprint density at radius 3 is 2.57 bits per heavy atom. The van der Waals surface area contributed by atoms with Gasteiger partial charge in [0, 0.05) is 22.0 Å². The van der Waals surface area contributed by atoms with Gasteiger partial charge in [0.1, 0.15) is 5.92 Å². The maximum Gasteiger partial charge on any atom is 0.236 e. The van der Waals surface area contributed by atoms with Gasteiger partial charge in [0.25, 0.3) is 0 Å². The van der Waals surface area contributed by atoms with Gasteiger partial charge in [-0.2, -0.15) is 0 Å². The van der Waals surface area contributed by atoms with Gasteiger partial charge in [0.15, 0.2) is 22.3 Å². The van der Waals surface area contributed by atoms with Crippen LogP contribution in [0.15, 0.2) is 66.7 Å². The molecule has 3 aromatic rings. The van der Waals surface area contributed by atoms with Crippen molar-refractivity contribution >= 4 is 46.2 Å². The highest BCUT2D eigenvalue weighted by Gasteiger charge is 2.59. The number of hydrogen-bond acceptors (Lipinski definition) is 4. The van der Waals surface area contributed by atoms with E-state index in [0.717, 1.165) is 16.8 Å². The number of ether oxygens (including phenoxy) is 2. The molecule has 1 amide bonds. The standard InChI is InChI=1S/C27H26ClN3O3S/c1-4-33-21-7-5-6-20-23-22(25(32)29-18-12-10-17(28)11-13-18)27(3,34-24(20)21)31(26(35)30-23)19-14-8-16(2)9-15-19/h5-15,22-23H,4H2,1-3H3,(H,29,32)(H,30,35)/t22-,23+,27+/m0/s1. The molecule has 1 saturated heterocycles. The molecule has 2 heterocycles. The first-order valence-corrected chi connectivity index (χ1v) is 12.3. The van der Waals surface area contributed by atoms with Crippen LogP contribution in [0, 0.1) is 12.8 Å². The van der Waals surface area contributed by atoms with E-state index in [9.17, 15) is 4.79 Å². The first-order valence-electron chi connectivity index (χ1n) is 11.5. The topological polar surface area (TPSA) is 62.8 Å². The van der Waals surface area contributed by atoms with Crippen LogP contribution in [-0.2, 0) is 4.79 Å². The molecule has 3 aromatic carbocycles. The second kappa shape index (κ2) is 9.06. The Kier molecular flexibility index (Phi) is 6.07. The van der Waals surface area contributed by atoms with Crippen LogP contribution < -0.4 is 25.0 Å². The lowest BCUT2D eigenvalue weighted by molar-refractivity contribution is -0.130. The summed E-state index contributed by atoms with van der Waals surface area (Å²) < 4.78 is 12.6. The van der Waals surface area contributed by atoms with Gasteiger partial charge in [0.2, 0.25) is 5.91 Å². The number of anilines is 2. The minimum absolute atomic E-state index is 0.195. The summed E-state index contributed by atoms with van der Waals surface area (Å²) in [4.78, 5) is 15.7. The molecule has 8 heteroatoms. The van der Waals surface area contributed by atoms with Gasteiger partial charge in [-0.3, -0.25) is 9.69 Å². The van der Waals surface area contributed by atoms with Gasteiger partial charge in [0.05, 0.1) is 12.6 Å². The molecule has 0 spiro atoms. The monoisotopic (exact) mass is 507 g/mol. The van der Waals surface area contributed by atoms with E-state index in [1.54, 1.807) is 24.3 Å². The van der Waals surface area contributed by atoms with Crippen molar-refractivity contribution in [2.24, 2.45) is 5.92 Å². The van der Waals surface area contributed by atoms with Crippen LogP contribution in [0.4, 0.5) is 11.4 Å². The molecule has 3 atom stereocenters. The van der Waals surface area contributed by atoms with Crippen molar-refractivity contribution in [2.75, 3.05) is 16.8 Å². The average molecular weight is 508 g/mol. The van der Waals surface area contributed by atoms with Crippen LogP contribution in [-0.4, -0.2) is 23.4 Å². The summed E-state index contributed by atoms with van der Waals surface area (Å²) in [6, 6.07) is 20.3. The zero-order valence-electron chi connectivity index (χ0n) is 19.7. The fourth-order valence-corrected chi connectivity index (χ4v) is 5.41. The molecule has 2 aliphatic heterocycles. The van der Waals surface area contributed by atoms with Crippen LogP contribution in [0.5, 0.6) is 11.5 Å². The first-order chi connectivity index (χ1) is 16.8. The molecule has 0 saturated carbocycles. The number of carbonyl (C=O) groups is 1. The molecule has 35 heavy (non-hydrogen) atoms. The zero-order chi connectivity index (χ0) is 24.7. The number of amides is 1. The SMILES string of the molecule is CCOc1cccc2c1O[C@]1(C)[C@H](C(=O)Nc3ccc(Cl)cc3)[C@@H]2NC(=S)N1c1ccc(C)cc1. The quantitative estimate of drug-likeness (QED) is 0.423. The first kappa shape index (κ1) is 23.5. The molecule has 2 aliphatic rings. The van der Waals surface area contributed by atoms with Gasteiger partial charge in [-0.25, -0.2) is 0 Å². The molecule has 2 bridgehead atoms. The minimum Gasteiger partial charge on any atom is -0.490 e. The Morgan fingerprint density at radius 2 is 1.89 bits per heavy atom. The lowest BCUT2D eigenvalue weighted by Gasteiger charge is -2.56. The number of fused-ring (bicyclic) bond motifs is 4. The van der Waals surface area contributed by atoms with Gasteiger partial charge in [-0.1, -0.05) is 41.4 Å². The number of para-hydroxylation sites is 1. The molecule has 0 unspecified atom stereocenters. The van der Waals surface area contributed by atoms with E-state index in [1.807, 2.05) is 68.1 Å². The second-order valence-corrected chi connectivity index (χ2v) is 9.66. The highest BCUT2D eigenvalue weighted by molar-refractivity contribution is 7.80. The number of nitrogens with zero attached hydrogens (tertiary/aromatic N) is 1. The molecule has 5 rings (SSSR count). The van der Waals surface area contributed by atoms with E-state index in [-0.39, 0.29) is 5.91 Å². The lowest BCUT2D eigenvalue weighted by atomic mass is 9.78. The van der Waals surface area contributed by atoms with E-state index >= 15 is 0 Å². The molecule has 6 nitrogen and oxygen atoms in total. The Labute approximate surface area is 215 Å². The Hall–Kier alpha value is -3.29. The number of aryl methyl sites for hydroxylation is 1. The van der Waals surface area contributed by atoms with E-state index in [4.69, 9.17) is 33.3 Å². The van der Waals surface area contributed by atoms with E-state index in [0.29, 0.717) is 33.9 Å². The number of hydrogen-bond donors (Lipinski definition) is 2. The number of rotatable bonds is 5. The fourth-order valence-electron chi connectivity index (χ4n) is 4.88. The third-order valence-corrected chi connectivity index (χ3v) is 7.03. The lowest BCUT2D eigenvalue weighted by Crippen LogP contribution is -2.72. The second-order valence-electron chi connectivity index (χ2n) is 8.84. The van der Waals surface area contributed by atoms with Crippen LogP contribution in [0.25, 0.3) is 0 Å². The van der Waals surface area contributed by atoms with Gasteiger partial charge in [-0.05, 0) is 75.5 Å². The maximum atomic E-state index is 13.9. The fraction of sp³-hybridized carbons (Fsp3) is 0.259. The van der Waals surface area contributed by atoms with Crippen molar-refractivity contribution in [1.82, 2.24) is 5.32 Å². The summed E-state index contributed by atoms with van der Waals surface area (Å²) in [5, 5.41) is 7.56. The molecule has 180 valence electrons. The number of carbonyl (C=O) groups excluding carboxylic acids is 1. The summed E-state index contributed by atoms with van der Waals surface area (Å²) in [5.41, 5.74) is 2.31. The third-order valence-electron chi connectivity index (χ3n) is 6.48. The van der Waals surface area contributed by atoms with E-state index in [2.05, 4.69) is 10.6 Å². The van der Waals surface area contributed by atoms with Gasteiger partial charge >= 0.3 is 0 Å². The normalized spacial score (nSPS) is 22.5. The molecule has 0 aromatic heterocycles. The predicted octanol–water partition coefficient (Wildman–Crippen LogP) is 5.85. The maximum absolute atomic E-state index is 13.9. The Bertz CT molecular complexity index is 1280. The Morgan fingerprint density at radius 1 is 1.17 bits per heavy atom. The highest BCUT2D eigenvalue weighted by atomic mass is 35.5. The summed E-state index contributed by atoms with van der Waals surface area (Å²) in [5.74, 6) is 0.413. The summed E-state index contributed by atoms with van der Waals surface area (Å²) in [6.07, 6.45) is 0. The van der Waals surface area contributed by atoms with Crippen molar-refractivity contribution in [3.63, 3.8) is 0 Å². The van der Waals surface area contributed by atoms with Crippen LogP contribution in [0.2, 0.25) is 5.02 Å². The zero-order valence-corrected chi connectivity index (χ0v) is 21.2. The minimum atomic E-state index is -1.13. The summed E-state index contributed by atoms with van der Waals surface area (Å²) in [6.45, 7) is 6.36. The van der Waals surface area contributed by atoms with Crippen LogP contribution in [0.1, 0.15) is 31.0 Å². The van der Waals surface area contributed by atoms with Gasteiger partial charge in [-0.15, -0.1) is 0 Å². The van der Waals surface area contributed by atoms with Crippen LogP contribution >= 0.6 is 23.8 Å². The van der Waals surface area contributed by atoms with Crippen molar-refractivity contribution < 1.29 is 14.3 Å². The van der Waals surface area contributed by atoms with E-state index < -0.39 is 17.7 Å². The molecule has 0 radical (unpaired) electrons. The average Bonchev–Trinajstić information content (AvgIpc) is 2.82.